The van der Waals surface area contributed by atoms with Crippen LogP contribution in [0, 0.1) is 17.1 Å². The highest BCUT2D eigenvalue weighted by Crippen LogP contribution is 2.24. The minimum absolute atomic E-state index is 0.128. The Morgan fingerprint density at radius 3 is 2.75 bits per heavy atom. The number of aromatic nitrogens is 6. The summed E-state index contributed by atoms with van der Waals surface area (Å²) in [7, 11) is 1.72. The summed E-state index contributed by atoms with van der Waals surface area (Å²) < 4.78 is 23.1. The van der Waals surface area contributed by atoms with Crippen molar-refractivity contribution in [1.82, 2.24) is 29.5 Å². The maximum atomic E-state index is 14.1. The van der Waals surface area contributed by atoms with E-state index in [2.05, 4.69) is 20.3 Å². The first-order valence-corrected chi connectivity index (χ1v) is 8.32. The monoisotopic (exact) mass is 375 g/mol. The van der Waals surface area contributed by atoms with Crippen LogP contribution < -0.4 is 4.74 Å². The molecular weight excluding hydrogens is 361 g/mol. The molecular formula is C19H14FN7O. The highest BCUT2D eigenvalue weighted by molar-refractivity contribution is 5.61. The van der Waals surface area contributed by atoms with E-state index in [0.717, 1.165) is 5.69 Å². The van der Waals surface area contributed by atoms with Gasteiger partial charge in [-0.05, 0) is 18.2 Å². The molecule has 9 heteroatoms. The van der Waals surface area contributed by atoms with Gasteiger partial charge in [0.2, 0.25) is 5.88 Å². The number of rotatable bonds is 5. The Morgan fingerprint density at radius 1 is 1.18 bits per heavy atom. The highest BCUT2D eigenvalue weighted by Gasteiger charge is 2.16. The molecule has 138 valence electrons. The van der Waals surface area contributed by atoms with E-state index in [4.69, 9.17) is 10.00 Å². The molecule has 0 amide bonds. The summed E-state index contributed by atoms with van der Waals surface area (Å²) in [5.41, 5.74) is 2.50. The lowest BCUT2D eigenvalue weighted by molar-refractivity contribution is 0.283. The first kappa shape index (κ1) is 17.4. The maximum absolute atomic E-state index is 14.1. The van der Waals surface area contributed by atoms with Gasteiger partial charge in [0.25, 0.3) is 0 Å². The number of benzene rings is 1. The molecule has 0 fully saturated rings. The van der Waals surface area contributed by atoms with Gasteiger partial charge in [0.15, 0.2) is 5.69 Å². The zero-order valence-electron chi connectivity index (χ0n) is 14.8. The van der Waals surface area contributed by atoms with E-state index >= 15 is 0 Å². The fraction of sp³-hybridized carbons (Fsp3) is 0.105. The minimum Gasteiger partial charge on any atom is -0.471 e. The number of nitriles is 1. The summed E-state index contributed by atoms with van der Waals surface area (Å²) in [4.78, 5) is 8.22. The molecule has 0 aliphatic heterocycles. The van der Waals surface area contributed by atoms with Gasteiger partial charge < -0.3 is 9.30 Å². The van der Waals surface area contributed by atoms with Crippen LogP contribution in [0.15, 0.2) is 55.1 Å². The summed E-state index contributed by atoms with van der Waals surface area (Å²) in [5, 5.41) is 16.9. The number of imidazole rings is 1. The van der Waals surface area contributed by atoms with Crippen LogP contribution >= 0.6 is 0 Å². The molecule has 3 heterocycles. The van der Waals surface area contributed by atoms with Crippen LogP contribution in [0.25, 0.3) is 16.9 Å². The van der Waals surface area contributed by atoms with E-state index in [1.165, 1.54) is 12.4 Å². The highest BCUT2D eigenvalue weighted by atomic mass is 19.1. The minimum atomic E-state index is -0.371. The van der Waals surface area contributed by atoms with Gasteiger partial charge in [-0.15, -0.1) is 5.10 Å². The molecule has 0 atom stereocenters. The zero-order valence-corrected chi connectivity index (χ0v) is 14.8. The average molecular weight is 375 g/mol. The Kier molecular flexibility index (Phi) is 4.51. The van der Waals surface area contributed by atoms with Crippen LogP contribution in [0.1, 0.15) is 11.4 Å². The molecule has 0 aliphatic carbocycles. The van der Waals surface area contributed by atoms with Gasteiger partial charge >= 0.3 is 0 Å². The van der Waals surface area contributed by atoms with Crippen molar-refractivity contribution in [3.8, 4) is 28.9 Å². The molecule has 0 saturated heterocycles. The first-order valence-electron chi connectivity index (χ1n) is 8.32. The molecule has 0 unspecified atom stereocenters. The number of halogens is 1. The molecule has 1 aromatic carbocycles. The smallest absolute Gasteiger partial charge is 0.213 e. The third-order valence-electron chi connectivity index (χ3n) is 4.14. The van der Waals surface area contributed by atoms with Crippen LogP contribution in [-0.4, -0.2) is 29.5 Å². The third-order valence-corrected chi connectivity index (χ3v) is 4.14. The number of ether oxygens (including phenoxy) is 1. The van der Waals surface area contributed by atoms with Gasteiger partial charge in [-0.2, -0.15) is 5.26 Å². The Bertz CT molecular complexity index is 1160. The molecule has 0 radical (unpaired) electrons. The molecule has 28 heavy (non-hydrogen) atoms. The fourth-order valence-corrected chi connectivity index (χ4v) is 2.68. The van der Waals surface area contributed by atoms with Crippen molar-refractivity contribution in [1.29, 1.82) is 5.26 Å². The van der Waals surface area contributed by atoms with E-state index in [9.17, 15) is 4.39 Å². The lowest BCUT2D eigenvalue weighted by atomic mass is 10.1. The Hall–Kier alpha value is -4.06. The number of hydrogen-bond acceptors (Lipinski definition) is 6. The molecule has 4 aromatic rings. The summed E-state index contributed by atoms with van der Waals surface area (Å²) >= 11 is 0. The summed E-state index contributed by atoms with van der Waals surface area (Å²) in [6, 6.07) is 11.9. The van der Waals surface area contributed by atoms with Crippen LogP contribution in [0.4, 0.5) is 4.39 Å². The van der Waals surface area contributed by atoms with Crippen LogP contribution in [0.3, 0.4) is 0 Å². The van der Waals surface area contributed by atoms with Crippen molar-refractivity contribution < 1.29 is 9.13 Å². The second-order valence-corrected chi connectivity index (χ2v) is 5.91. The largest absolute Gasteiger partial charge is 0.471 e. The lowest BCUT2D eigenvalue weighted by Crippen LogP contribution is -2.05. The summed E-state index contributed by atoms with van der Waals surface area (Å²) in [6.45, 7) is 0.128. The number of pyridine rings is 1. The van der Waals surface area contributed by atoms with Crippen molar-refractivity contribution in [3.05, 3.63) is 72.3 Å². The van der Waals surface area contributed by atoms with Crippen molar-refractivity contribution in [2.24, 2.45) is 7.05 Å². The second-order valence-electron chi connectivity index (χ2n) is 5.91. The van der Waals surface area contributed by atoms with Crippen molar-refractivity contribution >= 4 is 0 Å². The molecule has 3 aromatic heterocycles. The van der Waals surface area contributed by atoms with Crippen molar-refractivity contribution in [2.45, 2.75) is 6.61 Å². The van der Waals surface area contributed by atoms with Crippen molar-refractivity contribution in [2.75, 3.05) is 0 Å². The van der Waals surface area contributed by atoms with Crippen LogP contribution in [-0.2, 0) is 13.7 Å². The Balaban J connectivity index is 1.52. The van der Waals surface area contributed by atoms with Gasteiger partial charge in [-0.3, -0.25) is 0 Å². The van der Waals surface area contributed by atoms with Gasteiger partial charge in [0, 0.05) is 24.9 Å². The Morgan fingerprint density at radius 2 is 2.04 bits per heavy atom. The standard InChI is InChI=1S/C19H14FN7O/c1-26-17(19(24-25-26)15-4-2-3-5-16(15)20)11-28-18-7-6-14(9-22-18)27-10-13(8-21)23-12-27/h2-7,9-10,12H,11H2,1H3. The van der Waals surface area contributed by atoms with Crippen molar-refractivity contribution in [3.63, 3.8) is 0 Å². The molecule has 8 nitrogen and oxygen atoms in total. The molecule has 0 aliphatic rings. The quantitative estimate of drug-likeness (QED) is 0.532. The molecule has 0 N–H and O–H groups in total. The molecule has 0 spiro atoms. The van der Waals surface area contributed by atoms with Crippen LogP contribution in [0.2, 0.25) is 0 Å². The second kappa shape index (κ2) is 7.28. The fourth-order valence-electron chi connectivity index (χ4n) is 2.68. The predicted molar refractivity (Wildman–Crippen MR) is 96.8 cm³/mol. The number of aryl methyl sites for hydroxylation is 1. The maximum Gasteiger partial charge on any atom is 0.213 e. The lowest BCUT2D eigenvalue weighted by Gasteiger charge is -2.08. The first-order chi connectivity index (χ1) is 13.7. The van der Waals surface area contributed by atoms with Gasteiger partial charge in [-0.1, -0.05) is 17.3 Å². The van der Waals surface area contributed by atoms with Gasteiger partial charge in [0.1, 0.15) is 36.2 Å². The van der Waals surface area contributed by atoms with E-state index in [1.807, 2.05) is 6.07 Å². The third kappa shape index (κ3) is 3.31. The summed E-state index contributed by atoms with van der Waals surface area (Å²) in [6.07, 6.45) is 4.76. The summed E-state index contributed by atoms with van der Waals surface area (Å²) in [5.74, 6) is 0.0221. The number of nitrogens with zero attached hydrogens (tertiary/aromatic N) is 7. The van der Waals surface area contributed by atoms with E-state index in [-0.39, 0.29) is 12.4 Å². The van der Waals surface area contributed by atoms with E-state index < -0.39 is 0 Å². The topological polar surface area (TPSA) is 94.4 Å². The van der Waals surface area contributed by atoms with E-state index in [1.54, 1.807) is 59.0 Å². The van der Waals surface area contributed by atoms with Gasteiger partial charge in [-0.25, -0.2) is 19.0 Å². The van der Waals surface area contributed by atoms with Gasteiger partial charge in [0.05, 0.1) is 11.9 Å². The Labute approximate surface area is 159 Å². The SMILES string of the molecule is Cn1nnc(-c2ccccc2F)c1COc1ccc(-n2cnc(C#N)c2)cn1. The van der Waals surface area contributed by atoms with E-state index in [0.29, 0.717) is 28.5 Å². The normalized spacial score (nSPS) is 10.6. The van der Waals surface area contributed by atoms with Crippen LogP contribution in [0.5, 0.6) is 5.88 Å². The molecule has 0 saturated carbocycles. The molecule has 0 bridgehead atoms. The average Bonchev–Trinajstić information content (AvgIpc) is 3.34. The molecule has 4 rings (SSSR count). The number of hydrogen-bond donors (Lipinski definition) is 0. The predicted octanol–water partition coefficient (Wildman–Crippen LogP) is 2.65. The zero-order chi connectivity index (χ0) is 19.5.